The fourth-order valence-corrected chi connectivity index (χ4v) is 3.04. The average Bonchev–Trinajstić information content (AvgIpc) is 2.54. The predicted molar refractivity (Wildman–Crippen MR) is 92.8 cm³/mol. The number of halogens is 1. The molecule has 7 heteroatoms. The Balaban J connectivity index is 2.41. The molecule has 0 radical (unpaired) electrons. The lowest BCUT2D eigenvalue weighted by molar-refractivity contribution is -0.140. The SMILES string of the molecule is CCN1C(=S)N[C@@H](c2cccc(F)c2)C(C(=O)OCCOC)=C1C. The Labute approximate surface area is 146 Å². The highest BCUT2D eigenvalue weighted by Gasteiger charge is 2.34. The number of hydrogen-bond acceptors (Lipinski definition) is 4. The van der Waals surface area contributed by atoms with Gasteiger partial charge in [-0.2, -0.15) is 0 Å². The van der Waals surface area contributed by atoms with Crippen LogP contribution in [0.1, 0.15) is 25.5 Å². The largest absolute Gasteiger partial charge is 0.460 e. The van der Waals surface area contributed by atoms with Crippen molar-refractivity contribution in [2.75, 3.05) is 26.9 Å². The minimum atomic E-state index is -0.550. The Hall–Kier alpha value is -1.99. The zero-order valence-electron chi connectivity index (χ0n) is 14.0. The van der Waals surface area contributed by atoms with Gasteiger partial charge in [-0.1, -0.05) is 12.1 Å². The number of nitrogens with one attached hydrogen (secondary N) is 1. The van der Waals surface area contributed by atoms with Crippen molar-refractivity contribution < 1.29 is 18.7 Å². The summed E-state index contributed by atoms with van der Waals surface area (Å²) in [5, 5.41) is 3.61. The number of esters is 1. The molecule has 0 aliphatic carbocycles. The third-order valence-electron chi connectivity index (χ3n) is 3.84. The minimum absolute atomic E-state index is 0.151. The number of ether oxygens (including phenoxy) is 2. The van der Waals surface area contributed by atoms with E-state index in [1.54, 1.807) is 12.1 Å². The molecule has 0 amide bonds. The van der Waals surface area contributed by atoms with Gasteiger partial charge >= 0.3 is 5.97 Å². The van der Waals surface area contributed by atoms with E-state index in [0.717, 1.165) is 0 Å². The van der Waals surface area contributed by atoms with E-state index in [2.05, 4.69) is 5.32 Å². The molecular formula is C17H21FN2O3S. The van der Waals surface area contributed by atoms with E-state index in [1.807, 2.05) is 18.7 Å². The van der Waals surface area contributed by atoms with Crippen LogP contribution in [0.2, 0.25) is 0 Å². The molecule has 1 aliphatic heterocycles. The molecule has 5 nitrogen and oxygen atoms in total. The maximum atomic E-state index is 13.6. The van der Waals surface area contributed by atoms with Gasteiger partial charge in [-0.25, -0.2) is 9.18 Å². The van der Waals surface area contributed by atoms with Crippen molar-refractivity contribution in [2.24, 2.45) is 0 Å². The molecule has 1 aliphatic rings. The average molecular weight is 352 g/mol. The number of carbonyl (C=O) groups excluding carboxylic acids is 1. The number of carbonyl (C=O) groups is 1. The van der Waals surface area contributed by atoms with Crippen LogP contribution in [0.15, 0.2) is 35.5 Å². The standard InChI is InChI=1S/C17H21FN2O3S/c1-4-20-11(2)14(16(21)23-9-8-22-3)15(19-17(20)24)12-6-5-7-13(18)10-12/h5-7,10,15H,4,8-9H2,1-3H3,(H,19,24)/t15-/m0/s1. The number of rotatable bonds is 6. The molecule has 0 saturated heterocycles. The minimum Gasteiger partial charge on any atom is -0.460 e. The third-order valence-corrected chi connectivity index (χ3v) is 4.17. The molecule has 0 fully saturated rings. The molecule has 1 N–H and O–H groups in total. The van der Waals surface area contributed by atoms with Crippen LogP contribution >= 0.6 is 12.2 Å². The third kappa shape index (κ3) is 3.91. The summed E-state index contributed by atoms with van der Waals surface area (Å²) in [6, 6.07) is 5.55. The summed E-state index contributed by atoms with van der Waals surface area (Å²) in [6.45, 7) is 4.83. The van der Waals surface area contributed by atoms with Gasteiger partial charge in [-0.3, -0.25) is 0 Å². The van der Waals surface area contributed by atoms with Crippen LogP contribution in [0.4, 0.5) is 4.39 Å². The zero-order chi connectivity index (χ0) is 17.7. The molecule has 1 atom stereocenters. The number of nitrogens with zero attached hydrogens (tertiary/aromatic N) is 1. The molecule has 24 heavy (non-hydrogen) atoms. The first-order valence-corrected chi connectivity index (χ1v) is 8.10. The van der Waals surface area contributed by atoms with Gasteiger partial charge in [0.25, 0.3) is 0 Å². The summed E-state index contributed by atoms with van der Waals surface area (Å²) in [5.74, 6) is -0.838. The quantitative estimate of drug-likeness (QED) is 0.482. The summed E-state index contributed by atoms with van der Waals surface area (Å²) in [4.78, 5) is 14.4. The first-order chi connectivity index (χ1) is 11.5. The van der Waals surface area contributed by atoms with Gasteiger partial charge in [0, 0.05) is 19.4 Å². The van der Waals surface area contributed by atoms with Gasteiger partial charge in [0.15, 0.2) is 5.11 Å². The van der Waals surface area contributed by atoms with Gasteiger partial charge in [-0.05, 0) is 43.8 Å². The van der Waals surface area contributed by atoms with Crippen LogP contribution in [0.5, 0.6) is 0 Å². The highest BCUT2D eigenvalue weighted by Crippen LogP contribution is 2.31. The Morgan fingerprint density at radius 2 is 2.17 bits per heavy atom. The smallest absolute Gasteiger partial charge is 0.338 e. The molecular weight excluding hydrogens is 331 g/mol. The Morgan fingerprint density at radius 3 is 2.79 bits per heavy atom. The van der Waals surface area contributed by atoms with Crippen LogP contribution in [0.25, 0.3) is 0 Å². The fraction of sp³-hybridized carbons (Fsp3) is 0.412. The number of allylic oxidation sites excluding steroid dienone is 1. The summed E-state index contributed by atoms with van der Waals surface area (Å²) < 4.78 is 23.8. The summed E-state index contributed by atoms with van der Waals surface area (Å²) >= 11 is 5.37. The van der Waals surface area contributed by atoms with Gasteiger partial charge in [-0.15, -0.1) is 0 Å². The van der Waals surface area contributed by atoms with Crippen LogP contribution in [-0.4, -0.2) is 42.8 Å². The topological polar surface area (TPSA) is 50.8 Å². The van der Waals surface area contributed by atoms with Crippen molar-refractivity contribution in [3.05, 3.63) is 46.9 Å². The van der Waals surface area contributed by atoms with Crippen LogP contribution in [0.3, 0.4) is 0 Å². The number of thiocarbonyl (C=S) groups is 1. The molecule has 1 aromatic rings. The van der Waals surface area contributed by atoms with E-state index < -0.39 is 12.0 Å². The van der Waals surface area contributed by atoms with E-state index in [-0.39, 0.29) is 12.4 Å². The number of hydrogen-bond donors (Lipinski definition) is 1. The lowest BCUT2D eigenvalue weighted by Crippen LogP contribution is -2.47. The Bertz CT molecular complexity index is 663. The van der Waals surface area contributed by atoms with E-state index in [1.165, 1.54) is 19.2 Å². The number of benzene rings is 1. The van der Waals surface area contributed by atoms with Gasteiger partial charge in [0.2, 0.25) is 0 Å². The van der Waals surface area contributed by atoms with E-state index in [0.29, 0.717) is 35.1 Å². The predicted octanol–water partition coefficient (Wildman–Crippen LogP) is 2.54. The van der Waals surface area contributed by atoms with Gasteiger partial charge in [0.1, 0.15) is 12.4 Å². The molecule has 0 bridgehead atoms. The fourth-order valence-electron chi connectivity index (χ4n) is 2.66. The van der Waals surface area contributed by atoms with E-state index in [9.17, 15) is 9.18 Å². The molecule has 1 heterocycles. The second-order valence-corrected chi connectivity index (χ2v) is 5.70. The summed E-state index contributed by atoms with van der Waals surface area (Å²) in [5.41, 5.74) is 1.75. The van der Waals surface area contributed by atoms with Crippen molar-refractivity contribution >= 4 is 23.3 Å². The van der Waals surface area contributed by atoms with Crippen LogP contribution in [-0.2, 0) is 14.3 Å². The van der Waals surface area contributed by atoms with Crippen molar-refractivity contribution in [3.63, 3.8) is 0 Å². The van der Waals surface area contributed by atoms with Crippen molar-refractivity contribution in [1.29, 1.82) is 0 Å². The first-order valence-electron chi connectivity index (χ1n) is 7.69. The molecule has 1 aromatic carbocycles. The summed E-state index contributed by atoms with van der Waals surface area (Å²) in [6.07, 6.45) is 0. The number of methoxy groups -OCH3 is 1. The zero-order valence-corrected chi connectivity index (χ0v) is 14.8. The maximum absolute atomic E-state index is 13.6. The molecule has 0 spiro atoms. The van der Waals surface area contributed by atoms with Crippen molar-refractivity contribution in [3.8, 4) is 0 Å². The monoisotopic (exact) mass is 352 g/mol. The highest BCUT2D eigenvalue weighted by molar-refractivity contribution is 7.80. The maximum Gasteiger partial charge on any atom is 0.338 e. The lowest BCUT2D eigenvalue weighted by atomic mass is 9.95. The molecule has 0 aromatic heterocycles. The highest BCUT2D eigenvalue weighted by atomic mass is 32.1. The lowest BCUT2D eigenvalue weighted by Gasteiger charge is -2.37. The first kappa shape index (κ1) is 18.4. The molecule has 0 saturated carbocycles. The normalized spacial score (nSPS) is 17.8. The van der Waals surface area contributed by atoms with Crippen molar-refractivity contribution in [1.82, 2.24) is 10.2 Å². The van der Waals surface area contributed by atoms with Crippen molar-refractivity contribution in [2.45, 2.75) is 19.9 Å². The summed E-state index contributed by atoms with van der Waals surface area (Å²) in [7, 11) is 1.54. The molecule has 0 unspecified atom stereocenters. The van der Waals surface area contributed by atoms with E-state index in [4.69, 9.17) is 21.7 Å². The van der Waals surface area contributed by atoms with Crippen LogP contribution in [0, 0.1) is 5.82 Å². The Morgan fingerprint density at radius 1 is 1.42 bits per heavy atom. The molecule has 130 valence electrons. The van der Waals surface area contributed by atoms with Crippen LogP contribution < -0.4 is 5.32 Å². The van der Waals surface area contributed by atoms with Gasteiger partial charge < -0.3 is 19.7 Å². The second kappa shape index (κ2) is 8.21. The van der Waals surface area contributed by atoms with E-state index >= 15 is 0 Å². The molecule has 2 rings (SSSR count). The van der Waals surface area contributed by atoms with Gasteiger partial charge in [0.05, 0.1) is 18.2 Å². The second-order valence-electron chi connectivity index (χ2n) is 5.31. The Kier molecular flexibility index (Phi) is 6.28.